The summed E-state index contributed by atoms with van der Waals surface area (Å²) < 4.78 is 108. The third-order valence-corrected chi connectivity index (χ3v) is 4.93. The fourth-order valence-corrected chi connectivity index (χ4v) is 3.17. The van der Waals surface area contributed by atoms with Crippen molar-refractivity contribution in [1.82, 2.24) is 20.9 Å². The van der Waals surface area contributed by atoms with Gasteiger partial charge in [-0.1, -0.05) is 0 Å². The maximum atomic E-state index is 12.1. The molecule has 0 aromatic carbocycles. The molecule has 0 spiro atoms. The number of nitrogens with zero attached hydrogens (tertiary/aromatic N) is 1. The molecule has 40 heavy (non-hydrogen) atoms. The molecule has 3 amide bonds. The quantitative estimate of drug-likeness (QED) is 0.361. The average Bonchev–Trinajstić information content (AvgIpc) is 3.45. The highest BCUT2D eigenvalue weighted by Gasteiger charge is 2.41. The van der Waals surface area contributed by atoms with Crippen LogP contribution in [0.25, 0.3) is 0 Å². The van der Waals surface area contributed by atoms with E-state index in [0.717, 1.165) is 19.4 Å². The van der Waals surface area contributed by atoms with E-state index in [-0.39, 0.29) is 19.1 Å². The fourth-order valence-electron chi connectivity index (χ4n) is 3.17. The van der Waals surface area contributed by atoms with Crippen molar-refractivity contribution in [2.45, 2.75) is 82.7 Å². The molecule has 2 fully saturated rings. The van der Waals surface area contributed by atoms with Crippen LogP contribution >= 0.6 is 0 Å². The summed E-state index contributed by atoms with van der Waals surface area (Å²) in [5.41, 5.74) is -0.667. The van der Waals surface area contributed by atoms with Gasteiger partial charge in [0.2, 0.25) is 0 Å². The Bertz CT molecular complexity index is 852. The van der Waals surface area contributed by atoms with E-state index in [1.807, 2.05) is 5.32 Å². The first-order valence-electron chi connectivity index (χ1n) is 11.7. The smallest absolute Gasteiger partial charge is 0.475 e. The molecule has 0 aliphatic carbocycles. The number of aliphatic carboxylic acids is 1. The van der Waals surface area contributed by atoms with Crippen molar-refractivity contribution in [1.29, 1.82) is 0 Å². The number of carboxylic acid groups (broad SMARTS) is 1. The van der Waals surface area contributed by atoms with Gasteiger partial charge in [0.05, 0.1) is 6.04 Å². The van der Waals surface area contributed by atoms with Gasteiger partial charge in [0.1, 0.15) is 5.60 Å². The Kier molecular flexibility index (Phi) is 14.0. The van der Waals surface area contributed by atoms with E-state index >= 15 is 0 Å². The number of alkyl halides is 9. The number of rotatable bonds is 4. The number of amides is 3. The summed E-state index contributed by atoms with van der Waals surface area (Å²) in [6.45, 7) is 6.19. The summed E-state index contributed by atoms with van der Waals surface area (Å²) in [5.74, 6) is -6.61. The molecule has 4 N–H and O–H groups in total. The monoisotopic (exact) mass is 606 g/mol. The minimum Gasteiger partial charge on any atom is -0.475 e. The molecule has 0 unspecified atom stereocenters. The first-order valence-corrected chi connectivity index (χ1v) is 11.7. The Morgan fingerprint density at radius 3 is 1.68 bits per heavy atom. The molecule has 19 heteroatoms. The van der Waals surface area contributed by atoms with E-state index in [4.69, 9.17) is 14.6 Å². The van der Waals surface area contributed by atoms with Gasteiger partial charge in [-0.2, -0.15) is 39.5 Å². The Balaban J connectivity index is 0.000000649. The summed E-state index contributed by atoms with van der Waals surface area (Å²) in [5, 5.41) is 13.7. The summed E-state index contributed by atoms with van der Waals surface area (Å²) >= 11 is 0. The third-order valence-electron chi connectivity index (χ3n) is 4.93. The molecular weight excluding hydrogens is 575 g/mol. The van der Waals surface area contributed by atoms with Gasteiger partial charge in [-0.3, -0.25) is 9.59 Å². The average molecular weight is 606 g/mol. The van der Waals surface area contributed by atoms with Crippen LogP contribution in [0.4, 0.5) is 44.3 Å². The van der Waals surface area contributed by atoms with Crippen LogP contribution in [-0.2, 0) is 19.1 Å². The van der Waals surface area contributed by atoms with Crippen molar-refractivity contribution in [2.24, 2.45) is 0 Å². The summed E-state index contributed by atoms with van der Waals surface area (Å²) in [6, 6.07) is -0.470. The van der Waals surface area contributed by atoms with Crippen molar-refractivity contribution >= 4 is 23.9 Å². The van der Waals surface area contributed by atoms with Crippen molar-refractivity contribution in [3.63, 3.8) is 0 Å². The van der Waals surface area contributed by atoms with Crippen molar-refractivity contribution < 1.29 is 68.5 Å². The van der Waals surface area contributed by atoms with Crippen LogP contribution in [0.3, 0.4) is 0 Å². The van der Waals surface area contributed by atoms with Gasteiger partial charge in [0, 0.05) is 25.7 Å². The summed E-state index contributed by atoms with van der Waals surface area (Å²) in [6.07, 6.45) is -12.3. The van der Waals surface area contributed by atoms with Crippen LogP contribution in [0.5, 0.6) is 0 Å². The highest BCUT2D eigenvalue weighted by Crippen LogP contribution is 2.21. The lowest BCUT2D eigenvalue weighted by Gasteiger charge is -2.28. The molecular formula is C21H31F9N4O6. The van der Waals surface area contributed by atoms with E-state index in [9.17, 15) is 53.9 Å². The third kappa shape index (κ3) is 15.6. The van der Waals surface area contributed by atoms with E-state index < -0.39 is 54.0 Å². The van der Waals surface area contributed by atoms with Gasteiger partial charge in [0.25, 0.3) is 0 Å². The standard InChI is InChI=1S/C12H19F3N2O3.C7H11F3N2O.C2HF3O2/c1-11(2,3)20-10(19)17-6-4-5-8(17)7-16-9(18)12(13,14)15;8-7(9,10)6(13)12-4-5-2-1-3-11-5;3-2(4,5)1(6)7/h8H,4-7H2,1-3H3,(H,16,18);5,11H,1-4H2,(H,12,13);(H,6,7)/t8-;5-;/m00./s1. The Labute approximate surface area is 222 Å². The molecule has 2 saturated heterocycles. The maximum absolute atomic E-state index is 12.1. The zero-order valence-corrected chi connectivity index (χ0v) is 21.6. The number of nitrogens with one attached hydrogen (secondary N) is 3. The lowest BCUT2D eigenvalue weighted by atomic mass is 10.2. The van der Waals surface area contributed by atoms with Gasteiger partial charge in [-0.05, 0) is 53.0 Å². The maximum Gasteiger partial charge on any atom is 0.490 e. The van der Waals surface area contributed by atoms with Gasteiger partial charge in [-0.25, -0.2) is 9.59 Å². The molecule has 0 bridgehead atoms. The number of ether oxygens (including phenoxy) is 1. The minimum atomic E-state index is -5.08. The Morgan fingerprint density at radius 1 is 0.825 bits per heavy atom. The van der Waals surface area contributed by atoms with Crippen molar-refractivity contribution in [2.75, 3.05) is 26.2 Å². The molecule has 2 atom stereocenters. The highest BCUT2D eigenvalue weighted by atomic mass is 19.4. The number of carbonyl (C=O) groups excluding carboxylic acids is 3. The molecule has 2 heterocycles. The molecule has 10 nitrogen and oxygen atoms in total. The van der Waals surface area contributed by atoms with Crippen LogP contribution < -0.4 is 16.0 Å². The molecule has 0 aromatic heterocycles. The van der Waals surface area contributed by atoms with Crippen LogP contribution in [0.2, 0.25) is 0 Å². The molecule has 234 valence electrons. The van der Waals surface area contributed by atoms with E-state index in [1.54, 1.807) is 26.1 Å². The second-order valence-corrected chi connectivity index (χ2v) is 9.48. The Hall–Kier alpha value is -2.99. The minimum absolute atomic E-state index is 0.00806. The number of hydrogen-bond donors (Lipinski definition) is 4. The lowest BCUT2D eigenvalue weighted by molar-refractivity contribution is -0.192. The number of carboxylic acids is 1. The predicted octanol–water partition coefficient (Wildman–Crippen LogP) is 3.11. The molecule has 0 aromatic rings. The number of halogens is 9. The van der Waals surface area contributed by atoms with Gasteiger partial charge in [-0.15, -0.1) is 0 Å². The molecule has 0 saturated carbocycles. The number of carbonyl (C=O) groups is 4. The Morgan fingerprint density at radius 2 is 1.30 bits per heavy atom. The van der Waals surface area contributed by atoms with Crippen molar-refractivity contribution in [3.8, 4) is 0 Å². The topological polar surface area (TPSA) is 137 Å². The lowest BCUT2D eigenvalue weighted by Crippen LogP contribution is -2.47. The molecule has 2 aliphatic heterocycles. The number of likely N-dealkylation sites (tertiary alicyclic amines) is 1. The van der Waals surface area contributed by atoms with Gasteiger partial charge in [0.15, 0.2) is 0 Å². The predicted molar refractivity (Wildman–Crippen MR) is 119 cm³/mol. The van der Waals surface area contributed by atoms with Crippen LogP contribution in [0.15, 0.2) is 0 Å². The van der Waals surface area contributed by atoms with E-state index in [1.165, 1.54) is 4.90 Å². The van der Waals surface area contributed by atoms with E-state index in [0.29, 0.717) is 19.4 Å². The van der Waals surface area contributed by atoms with Gasteiger partial charge < -0.3 is 30.7 Å². The summed E-state index contributed by atoms with van der Waals surface area (Å²) in [4.78, 5) is 43.3. The normalized spacial score (nSPS) is 19.4. The second-order valence-electron chi connectivity index (χ2n) is 9.48. The van der Waals surface area contributed by atoms with Crippen molar-refractivity contribution in [3.05, 3.63) is 0 Å². The second kappa shape index (κ2) is 15.1. The zero-order chi connectivity index (χ0) is 31.5. The largest absolute Gasteiger partial charge is 0.490 e. The molecule has 2 rings (SSSR count). The number of hydrogen-bond acceptors (Lipinski definition) is 6. The van der Waals surface area contributed by atoms with E-state index in [2.05, 4.69) is 5.32 Å². The van der Waals surface area contributed by atoms with Crippen LogP contribution in [0.1, 0.15) is 46.5 Å². The summed E-state index contributed by atoms with van der Waals surface area (Å²) in [7, 11) is 0. The first kappa shape index (κ1) is 37.0. The van der Waals surface area contributed by atoms with Gasteiger partial charge >= 0.3 is 42.4 Å². The highest BCUT2D eigenvalue weighted by molar-refractivity contribution is 5.82. The molecule has 0 radical (unpaired) electrons. The first-order chi connectivity index (χ1) is 17.9. The van der Waals surface area contributed by atoms with Crippen LogP contribution in [0, 0.1) is 0 Å². The zero-order valence-electron chi connectivity index (χ0n) is 21.6. The molecule has 2 aliphatic rings. The fraction of sp³-hybridized carbons (Fsp3) is 0.810. The van der Waals surface area contributed by atoms with Crippen LogP contribution in [-0.4, -0.2) is 96.3 Å². The SMILES string of the molecule is CC(C)(C)OC(=O)N1CCC[C@H]1CNC(=O)C(F)(F)F.O=C(NC[C@@H]1CCCN1)C(F)(F)F.O=C(O)C(F)(F)F.